The SMILES string of the molecule is COC(=O)c1cc(NC(=O)N2CCCC[C@@H]2CCO)cc(C(=O)OC)c1. The van der Waals surface area contributed by atoms with Gasteiger partial charge in [0.1, 0.15) is 0 Å². The van der Waals surface area contributed by atoms with Gasteiger partial charge in [0.2, 0.25) is 0 Å². The van der Waals surface area contributed by atoms with Gasteiger partial charge in [-0.1, -0.05) is 0 Å². The van der Waals surface area contributed by atoms with Gasteiger partial charge in [0, 0.05) is 24.9 Å². The number of aliphatic hydroxyl groups excluding tert-OH is 1. The Hall–Kier alpha value is -2.61. The molecular formula is C18H24N2O6. The summed E-state index contributed by atoms with van der Waals surface area (Å²) in [5.74, 6) is -1.25. The van der Waals surface area contributed by atoms with Gasteiger partial charge in [0.05, 0.1) is 25.3 Å². The van der Waals surface area contributed by atoms with E-state index >= 15 is 0 Å². The Kier molecular flexibility index (Phi) is 6.97. The first-order valence-corrected chi connectivity index (χ1v) is 8.50. The highest BCUT2D eigenvalue weighted by atomic mass is 16.5. The van der Waals surface area contributed by atoms with Crippen molar-refractivity contribution in [2.75, 3.05) is 32.7 Å². The van der Waals surface area contributed by atoms with E-state index in [0.717, 1.165) is 19.3 Å². The number of piperidine rings is 1. The van der Waals surface area contributed by atoms with Crippen LogP contribution in [-0.2, 0) is 9.47 Å². The summed E-state index contributed by atoms with van der Waals surface area (Å²) in [6, 6.07) is 3.88. The second-order valence-electron chi connectivity index (χ2n) is 6.07. The predicted octanol–water partition coefficient (Wildman–Crippen LogP) is 2.03. The molecule has 8 heteroatoms. The molecule has 2 N–H and O–H groups in total. The number of methoxy groups -OCH3 is 2. The van der Waals surface area contributed by atoms with Crippen LogP contribution in [0.5, 0.6) is 0 Å². The molecule has 1 aliphatic rings. The normalized spacial score (nSPS) is 16.7. The van der Waals surface area contributed by atoms with Crippen molar-refractivity contribution in [3.63, 3.8) is 0 Å². The standard InChI is InChI=1S/C18H24N2O6/c1-25-16(22)12-9-13(17(23)26-2)11-14(10-12)19-18(24)20-7-4-3-5-15(20)6-8-21/h9-11,15,21H,3-8H2,1-2H3,(H,19,24)/t15-/m1/s1. The van der Waals surface area contributed by atoms with Crippen molar-refractivity contribution >= 4 is 23.7 Å². The molecule has 0 bridgehead atoms. The molecule has 1 saturated heterocycles. The average Bonchev–Trinajstić information content (AvgIpc) is 2.67. The molecule has 2 rings (SSSR count). The molecule has 1 heterocycles. The zero-order valence-electron chi connectivity index (χ0n) is 15.0. The van der Waals surface area contributed by atoms with Gasteiger partial charge in [-0.05, 0) is 43.9 Å². The van der Waals surface area contributed by atoms with Gasteiger partial charge in [-0.2, -0.15) is 0 Å². The number of nitrogens with zero attached hydrogens (tertiary/aromatic N) is 1. The lowest BCUT2D eigenvalue weighted by Crippen LogP contribution is -2.46. The second-order valence-corrected chi connectivity index (χ2v) is 6.07. The number of esters is 2. The molecule has 0 unspecified atom stereocenters. The van der Waals surface area contributed by atoms with Gasteiger partial charge in [-0.25, -0.2) is 14.4 Å². The molecule has 1 aromatic rings. The van der Waals surface area contributed by atoms with Crippen LogP contribution in [0.25, 0.3) is 0 Å². The summed E-state index contributed by atoms with van der Waals surface area (Å²) >= 11 is 0. The minimum absolute atomic E-state index is 0.0127. The lowest BCUT2D eigenvalue weighted by atomic mass is 10.00. The highest BCUT2D eigenvalue weighted by molar-refractivity contribution is 5.99. The molecule has 0 aromatic heterocycles. The van der Waals surface area contributed by atoms with E-state index in [9.17, 15) is 19.5 Å². The Morgan fingerprint density at radius 1 is 1.12 bits per heavy atom. The van der Waals surface area contributed by atoms with Crippen molar-refractivity contribution in [1.29, 1.82) is 0 Å². The van der Waals surface area contributed by atoms with Gasteiger partial charge in [-0.15, -0.1) is 0 Å². The van der Waals surface area contributed by atoms with E-state index < -0.39 is 11.9 Å². The predicted molar refractivity (Wildman–Crippen MR) is 94.2 cm³/mol. The van der Waals surface area contributed by atoms with Crippen molar-refractivity contribution < 1.29 is 29.0 Å². The lowest BCUT2D eigenvalue weighted by Gasteiger charge is -2.35. The van der Waals surface area contributed by atoms with E-state index in [1.54, 1.807) is 4.90 Å². The van der Waals surface area contributed by atoms with Crippen molar-refractivity contribution in [3.8, 4) is 0 Å². The number of urea groups is 1. The van der Waals surface area contributed by atoms with E-state index in [1.165, 1.54) is 32.4 Å². The largest absolute Gasteiger partial charge is 0.465 e. The van der Waals surface area contributed by atoms with Crippen LogP contribution in [0.4, 0.5) is 10.5 Å². The molecule has 142 valence electrons. The molecule has 0 saturated carbocycles. The minimum atomic E-state index is -0.623. The fourth-order valence-corrected chi connectivity index (χ4v) is 3.08. The highest BCUT2D eigenvalue weighted by Crippen LogP contribution is 2.22. The molecule has 1 aliphatic heterocycles. The van der Waals surface area contributed by atoms with Crippen LogP contribution in [0.15, 0.2) is 18.2 Å². The smallest absolute Gasteiger partial charge is 0.337 e. The maximum Gasteiger partial charge on any atom is 0.337 e. The summed E-state index contributed by atoms with van der Waals surface area (Å²) in [6.45, 7) is 0.607. The van der Waals surface area contributed by atoms with Crippen LogP contribution < -0.4 is 5.32 Å². The first kappa shape index (κ1) is 19.7. The van der Waals surface area contributed by atoms with Crippen LogP contribution in [0, 0.1) is 0 Å². The third-order valence-corrected chi connectivity index (χ3v) is 4.38. The zero-order valence-corrected chi connectivity index (χ0v) is 15.0. The Morgan fingerprint density at radius 3 is 2.27 bits per heavy atom. The van der Waals surface area contributed by atoms with E-state index in [1.807, 2.05) is 0 Å². The number of aliphatic hydroxyl groups is 1. The molecule has 1 atom stereocenters. The fourth-order valence-electron chi connectivity index (χ4n) is 3.08. The van der Waals surface area contributed by atoms with Gasteiger partial charge >= 0.3 is 18.0 Å². The highest BCUT2D eigenvalue weighted by Gasteiger charge is 2.26. The van der Waals surface area contributed by atoms with Crippen molar-refractivity contribution in [2.45, 2.75) is 31.7 Å². The van der Waals surface area contributed by atoms with Gasteiger partial charge < -0.3 is 24.8 Å². The molecule has 2 amide bonds. The van der Waals surface area contributed by atoms with E-state index in [0.29, 0.717) is 18.7 Å². The Bertz CT molecular complexity index is 639. The third kappa shape index (κ3) is 4.72. The number of nitrogens with one attached hydrogen (secondary N) is 1. The molecule has 26 heavy (non-hydrogen) atoms. The topological polar surface area (TPSA) is 105 Å². The quantitative estimate of drug-likeness (QED) is 0.775. The molecule has 0 spiro atoms. The number of anilines is 1. The van der Waals surface area contributed by atoms with E-state index in [-0.39, 0.29) is 29.8 Å². The van der Waals surface area contributed by atoms with Crippen LogP contribution in [0.3, 0.4) is 0 Å². The first-order chi connectivity index (χ1) is 12.5. The van der Waals surface area contributed by atoms with Crippen molar-refractivity contribution in [3.05, 3.63) is 29.3 Å². The molecule has 0 aliphatic carbocycles. The second kappa shape index (κ2) is 9.19. The Labute approximate surface area is 152 Å². The maximum absolute atomic E-state index is 12.7. The van der Waals surface area contributed by atoms with Crippen LogP contribution >= 0.6 is 0 Å². The molecule has 1 fully saturated rings. The average molecular weight is 364 g/mol. The zero-order chi connectivity index (χ0) is 19.1. The lowest BCUT2D eigenvalue weighted by molar-refractivity contribution is 0.0599. The van der Waals surface area contributed by atoms with Crippen molar-refractivity contribution in [2.24, 2.45) is 0 Å². The number of rotatable bonds is 5. The summed E-state index contributed by atoms with van der Waals surface area (Å²) in [6.07, 6.45) is 3.26. The third-order valence-electron chi connectivity index (χ3n) is 4.38. The summed E-state index contributed by atoms with van der Waals surface area (Å²) in [7, 11) is 2.47. The van der Waals surface area contributed by atoms with Gasteiger partial charge in [0.25, 0.3) is 0 Å². The minimum Gasteiger partial charge on any atom is -0.465 e. The Morgan fingerprint density at radius 2 is 1.73 bits per heavy atom. The van der Waals surface area contributed by atoms with E-state index in [4.69, 9.17) is 0 Å². The van der Waals surface area contributed by atoms with Gasteiger partial charge in [-0.3, -0.25) is 0 Å². The number of hydrogen-bond donors (Lipinski definition) is 2. The summed E-state index contributed by atoms with van der Waals surface area (Å²) in [4.78, 5) is 38.0. The van der Waals surface area contributed by atoms with Crippen molar-refractivity contribution in [1.82, 2.24) is 4.90 Å². The number of likely N-dealkylation sites (tertiary alicyclic amines) is 1. The molecular weight excluding hydrogens is 340 g/mol. The molecule has 8 nitrogen and oxygen atoms in total. The number of carbonyl (C=O) groups excluding carboxylic acids is 3. The number of ether oxygens (including phenoxy) is 2. The number of carbonyl (C=O) groups is 3. The number of hydrogen-bond acceptors (Lipinski definition) is 6. The van der Waals surface area contributed by atoms with Crippen LogP contribution in [0.1, 0.15) is 46.4 Å². The summed E-state index contributed by atoms with van der Waals surface area (Å²) < 4.78 is 9.38. The number of amides is 2. The monoisotopic (exact) mass is 364 g/mol. The Balaban J connectivity index is 2.24. The number of benzene rings is 1. The van der Waals surface area contributed by atoms with E-state index in [2.05, 4.69) is 14.8 Å². The fraction of sp³-hybridized carbons (Fsp3) is 0.500. The molecule has 1 aromatic carbocycles. The van der Waals surface area contributed by atoms with Crippen LogP contribution in [0.2, 0.25) is 0 Å². The maximum atomic E-state index is 12.7. The van der Waals surface area contributed by atoms with Crippen LogP contribution in [-0.4, -0.2) is 61.4 Å². The van der Waals surface area contributed by atoms with Gasteiger partial charge in [0.15, 0.2) is 0 Å². The summed E-state index contributed by atoms with van der Waals surface area (Å²) in [5, 5.41) is 11.9. The summed E-state index contributed by atoms with van der Waals surface area (Å²) in [5.41, 5.74) is 0.569. The molecule has 0 radical (unpaired) electrons. The first-order valence-electron chi connectivity index (χ1n) is 8.50.